The van der Waals surface area contributed by atoms with Gasteiger partial charge in [-0.15, -0.1) is 0 Å². The summed E-state index contributed by atoms with van der Waals surface area (Å²) < 4.78 is 23.0. The lowest BCUT2D eigenvalue weighted by atomic mass is 10.1. The fourth-order valence-electron chi connectivity index (χ4n) is 4.37. The van der Waals surface area contributed by atoms with Crippen LogP contribution in [0.15, 0.2) is 51.4 Å². The molecule has 3 N–H and O–H groups in total. The van der Waals surface area contributed by atoms with Crippen LogP contribution in [-0.2, 0) is 19.2 Å². The normalized spacial score (nSPS) is 10.8. The van der Waals surface area contributed by atoms with E-state index in [1.165, 1.54) is 23.1 Å². The fourth-order valence-corrected chi connectivity index (χ4v) is 4.37. The molecule has 15 heteroatoms. The molecule has 2 aromatic carbocycles. The minimum atomic E-state index is -1.33. The van der Waals surface area contributed by atoms with Crippen LogP contribution >= 0.6 is 0 Å². The van der Waals surface area contributed by atoms with Crippen LogP contribution in [0, 0.1) is 6.92 Å². The molecule has 0 saturated heterocycles. The lowest BCUT2D eigenvalue weighted by Crippen LogP contribution is -2.34. The summed E-state index contributed by atoms with van der Waals surface area (Å²) in [6, 6.07) is 9.61. The molecule has 0 unspecified atom stereocenters. The van der Waals surface area contributed by atoms with E-state index in [0.717, 1.165) is 16.7 Å². The zero-order chi connectivity index (χ0) is 31.8. The van der Waals surface area contributed by atoms with Gasteiger partial charge in [-0.25, -0.2) is 9.78 Å². The van der Waals surface area contributed by atoms with Crippen LogP contribution in [0.1, 0.15) is 16.1 Å². The number of benzene rings is 2. The van der Waals surface area contributed by atoms with Crippen molar-refractivity contribution in [2.24, 2.45) is 0 Å². The van der Waals surface area contributed by atoms with Crippen molar-refractivity contribution in [3.05, 3.63) is 53.9 Å². The maximum atomic E-state index is 11.6. The van der Waals surface area contributed by atoms with Crippen LogP contribution in [0.2, 0.25) is 0 Å². The number of aromatic carboxylic acids is 1. The lowest BCUT2D eigenvalue weighted by Gasteiger charge is -2.24. The fraction of sp³-hybridized carbons (Fsp3) is 0.241. The van der Waals surface area contributed by atoms with Crippen LogP contribution in [0.4, 0.5) is 11.4 Å². The summed E-state index contributed by atoms with van der Waals surface area (Å²) in [5, 5.41) is 28.3. The van der Waals surface area contributed by atoms with Gasteiger partial charge in [0.2, 0.25) is 5.76 Å². The van der Waals surface area contributed by atoms with Gasteiger partial charge in [0, 0.05) is 6.07 Å². The maximum Gasteiger partial charge on any atom is 0.373 e. The minimum absolute atomic E-state index is 0.0374. The second kappa shape index (κ2) is 13.9. The summed E-state index contributed by atoms with van der Waals surface area (Å²) >= 11 is 0. The van der Waals surface area contributed by atoms with Gasteiger partial charge in [0.15, 0.2) is 11.5 Å². The smallest absolute Gasteiger partial charge is 0.373 e. The van der Waals surface area contributed by atoms with Crippen molar-refractivity contribution >= 4 is 52.8 Å². The molecule has 0 saturated carbocycles. The zero-order valence-electron chi connectivity index (χ0n) is 23.3. The molecule has 0 amide bonds. The number of carboxylic acid groups (broad SMARTS) is 3. The van der Waals surface area contributed by atoms with E-state index in [1.54, 1.807) is 18.2 Å². The molecule has 0 atom stereocenters. The predicted molar refractivity (Wildman–Crippen MR) is 153 cm³/mol. The van der Waals surface area contributed by atoms with Crippen molar-refractivity contribution in [1.82, 2.24) is 4.98 Å². The van der Waals surface area contributed by atoms with E-state index >= 15 is 0 Å². The molecule has 0 spiro atoms. The Bertz CT molecular complexity index is 1670. The average Bonchev–Trinajstić information content (AvgIpc) is 3.62. The third-order valence-corrected chi connectivity index (χ3v) is 6.18. The second-order valence-corrected chi connectivity index (χ2v) is 9.32. The second-order valence-electron chi connectivity index (χ2n) is 9.32. The van der Waals surface area contributed by atoms with Crippen molar-refractivity contribution in [2.75, 3.05) is 49.2 Å². The number of aldehydes is 2. The lowest BCUT2D eigenvalue weighted by molar-refractivity contribution is -0.136. The van der Waals surface area contributed by atoms with Gasteiger partial charge in [-0.05, 0) is 36.8 Å². The van der Waals surface area contributed by atoms with Crippen LogP contribution in [0.3, 0.4) is 0 Å². The third kappa shape index (κ3) is 7.31. The number of fused-ring (bicyclic) bond motifs is 1. The van der Waals surface area contributed by atoms with Crippen LogP contribution < -0.4 is 19.3 Å². The first-order valence-electron chi connectivity index (χ1n) is 13.0. The van der Waals surface area contributed by atoms with Crippen molar-refractivity contribution in [1.29, 1.82) is 0 Å². The SMILES string of the molecule is Cc1ccc(N(CC=O)CC=O)c(OCCOc2c(N(CC(=O)O)CC(=O)O)ccc3oc(-c4ncc(C(=O)O)o4)cc23)c1. The first-order valence-corrected chi connectivity index (χ1v) is 13.0. The molecule has 0 aliphatic heterocycles. The van der Waals surface area contributed by atoms with Gasteiger partial charge in [-0.2, -0.15) is 0 Å². The van der Waals surface area contributed by atoms with Gasteiger partial charge >= 0.3 is 17.9 Å². The van der Waals surface area contributed by atoms with Gasteiger partial charge in [-0.3, -0.25) is 9.59 Å². The number of furan rings is 1. The molecule has 2 heterocycles. The Morgan fingerprint density at radius 3 is 2.14 bits per heavy atom. The Kier molecular flexibility index (Phi) is 9.80. The van der Waals surface area contributed by atoms with E-state index in [1.807, 2.05) is 6.92 Å². The summed E-state index contributed by atoms with van der Waals surface area (Å²) in [6.07, 6.45) is 2.34. The maximum absolute atomic E-state index is 11.6. The monoisotopic (exact) mass is 609 g/mol. The predicted octanol–water partition coefficient (Wildman–Crippen LogP) is 2.73. The Hall–Kier alpha value is -5.86. The average molecular weight is 610 g/mol. The molecule has 0 bridgehead atoms. The first kappa shape index (κ1) is 31.1. The number of aromatic nitrogens is 1. The largest absolute Gasteiger partial charge is 0.488 e. The highest BCUT2D eigenvalue weighted by Gasteiger charge is 2.24. The Balaban J connectivity index is 1.67. The van der Waals surface area contributed by atoms with Gasteiger partial charge in [0.1, 0.15) is 50.2 Å². The summed E-state index contributed by atoms with van der Waals surface area (Å²) in [7, 11) is 0. The number of aliphatic carboxylic acids is 2. The number of rotatable bonds is 17. The molecule has 0 aliphatic rings. The summed E-state index contributed by atoms with van der Waals surface area (Å²) in [4.78, 5) is 63.3. The quantitative estimate of drug-likeness (QED) is 0.116. The minimum Gasteiger partial charge on any atom is -0.488 e. The molecule has 0 aliphatic carbocycles. The van der Waals surface area contributed by atoms with E-state index in [0.29, 0.717) is 29.4 Å². The Morgan fingerprint density at radius 1 is 0.864 bits per heavy atom. The van der Waals surface area contributed by atoms with E-state index in [9.17, 15) is 34.2 Å². The number of ether oxygens (including phenoxy) is 2. The third-order valence-electron chi connectivity index (χ3n) is 6.18. The van der Waals surface area contributed by atoms with E-state index in [-0.39, 0.29) is 55.0 Å². The zero-order valence-corrected chi connectivity index (χ0v) is 23.3. The summed E-state index contributed by atoms with van der Waals surface area (Å²) in [5.74, 6) is -3.94. The highest BCUT2D eigenvalue weighted by molar-refractivity contribution is 5.95. The molecule has 15 nitrogen and oxygen atoms in total. The highest BCUT2D eigenvalue weighted by atomic mass is 16.5. The molecule has 4 aromatic rings. The standard InChI is InChI=1S/C29H27N3O12/c1-17-2-3-19(31(6-8-33)7-9-34)22(12-17)41-10-11-42-27-18-13-23(28-30-14-24(44-28)29(39)40)43-21(18)5-4-20(27)32(15-25(35)36)16-26(37)38/h2-5,8-9,12-14H,6-7,10-11,15-16H2,1H3,(H,35,36)(H,37,38)(H,39,40). The molecular weight excluding hydrogens is 582 g/mol. The van der Waals surface area contributed by atoms with Crippen LogP contribution in [0.5, 0.6) is 11.5 Å². The number of carboxylic acids is 3. The van der Waals surface area contributed by atoms with Gasteiger partial charge < -0.3 is 53.0 Å². The Labute approximate surface area is 248 Å². The summed E-state index contributed by atoms with van der Waals surface area (Å²) in [6.45, 7) is 0.284. The number of oxazole rings is 1. The highest BCUT2D eigenvalue weighted by Crippen LogP contribution is 2.40. The van der Waals surface area contributed by atoms with Crippen molar-refractivity contribution < 1.29 is 57.6 Å². The molecular formula is C29H27N3O12. The van der Waals surface area contributed by atoms with Crippen molar-refractivity contribution in [2.45, 2.75) is 6.92 Å². The number of carbonyl (C=O) groups is 5. The van der Waals surface area contributed by atoms with E-state index in [4.69, 9.17) is 23.4 Å². The number of hydrogen-bond acceptors (Lipinski definition) is 12. The number of carbonyl (C=O) groups excluding carboxylic acids is 2. The van der Waals surface area contributed by atoms with Crippen molar-refractivity contribution in [3.8, 4) is 23.1 Å². The van der Waals surface area contributed by atoms with Gasteiger partial charge in [-0.1, -0.05) is 6.07 Å². The summed E-state index contributed by atoms with van der Waals surface area (Å²) in [5.41, 5.74) is 1.74. The van der Waals surface area contributed by atoms with E-state index < -0.39 is 36.8 Å². The molecule has 0 fully saturated rings. The van der Waals surface area contributed by atoms with E-state index in [2.05, 4.69) is 4.98 Å². The van der Waals surface area contributed by atoms with Crippen LogP contribution in [-0.4, -0.2) is 90.2 Å². The number of nitrogens with zero attached hydrogens (tertiary/aromatic N) is 3. The Morgan fingerprint density at radius 2 is 1.52 bits per heavy atom. The molecule has 230 valence electrons. The number of hydrogen-bond donors (Lipinski definition) is 3. The number of aryl methyl sites for hydroxylation is 1. The van der Waals surface area contributed by atoms with Gasteiger partial charge in [0.05, 0.1) is 36.0 Å². The number of anilines is 2. The van der Waals surface area contributed by atoms with Crippen LogP contribution in [0.25, 0.3) is 22.6 Å². The molecule has 4 rings (SSSR count). The molecule has 2 aromatic heterocycles. The molecule has 44 heavy (non-hydrogen) atoms. The van der Waals surface area contributed by atoms with Gasteiger partial charge in [0.25, 0.3) is 5.89 Å². The molecule has 0 radical (unpaired) electrons. The first-order chi connectivity index (χ1) is 21.1. The van der Waals surface area contributed by atoms with Crippen molar-refractivity contribution in [3.63, 3.8) is 0 Å². The topological polar surface area (TPSA) is 210 Å².